The predicted octanol–water partition coefficient (Wildman–Crippen LogP) is 4.91. The predicted molar refractivity (Wildman–Crippen MR) is 147 cm³/mol. The molecule has 2 heterocycles. The maximum absolute atomic E-state index is 12.8. The lowest BCUT2D eigenvalue weighted by atomic mass is 10.1. The van der Waals surface area contributed by atoms with Crippen molar-refractivity contribution in [3.63, 3.8) is 0 Å². The Morgan fingerprint density at radius 2 is 1.67 bits per heavy atom. The number of benzene rings is 3. The molecular weight excluding hydrogens is 488 g/mol. The molecule has 1 saturated heterocycles. The van der Waals surface area contributed by atoms with E-state index in [1.807, 2.05) is 58.8 Å². The first-order valence-electron chi connectivity index (χ1n) is 12.0. The van der Waals surface area contributed by atoms with E-state index < -0.39 is 0 Å². The quantitative estimate of drug-likeness (QED) is 0.337. The van der Waals surface area contributed by atoms with Crippen LogP contribution >= 0.6 is 23.1 Å². The first-order chi connectivity index (χ1) is 17.6. The number of thioether (sulfide) groups is 1. The molecule has 1 aliphatic rings. The van der Waals surface area contributed by atoms with Gasteiger partial charge in [-0.25, -0.2) is 4.98 Å². The molecule has 5 rings (SSSR count). The molecule has 0 bridgehead atoms. The molecule has 3 aromatic carbocycles. The SMILES string of the molecule is O=C(CSc1nc(CC(=O)N2CCN(Cc3ccccc3)CC2)cs1)Nc1cccc2ccccc12. The van der Waals surface area contributed by atoms with E-state index in [4.69, 9.17) is 0 Å². The summed E-state index contributed by atoms with van der Waals surface area (Å²) in [6.07, 6.45) is 0.304. The Kier molecular flexibility index (Phi) is 7.95. The summed E-state index contributed by atoms with van der Waals surface area (Å²) in [5.41, 5.74) is 2.89. The van der Waals surface area contributed by atoms with Gasteiger partial charge < -0.3 is 10.2 Å². The van der Waals surface area contributed by atoms with E-state index in [1.54, 1.807) is 0 Å². The van der Waals surface area contributed by atoms with E-state index in [1.165, 1.54) is 28.7 Å². The van der Waals surface area contributed by atoms with Gasteiger partial charge in [-0.15, -0.1) is 11.3 Å². The topological polar surface area (TPSA) is 65.5 Å². The number of thiazole rings is 1. The van der Waals surface area contributed by atoms with E-state index in [9.17, 15) is 9.59 Å². The molecular formula is C28H28N4O2S2. The van der Waals surface area contributed by atoms with Crippen molar-refractivity contribution < 1.29 is 9.59 Å². The van der Waals surface area contributed by atoms with Gasteiger partial charge >= 0.3 is 0 Å². The number of rotatable bonds is 8. The molecule has 4 aromatic rings. The number of carbonyl (C=O) groups excluding carboxylic acids is 2. The molecule has 0 saturated carbocycles. The van der Waals surface area contributed by atoms with E-state index in [0.717, 1.165) is 59.2 Å². The van der Waals surface area contributed by atoms with Gasteiger partial charge in [-0.2, -0.15) is 0 Å². The summed E-state index contributed by atoms with van der Waals surface area (Å²) in [5, 5.41) is 7.05. The molecule has 0 atom stereocenters. The van der Waals surface area contributed by atoms with Crippen LogP contribution in [0.5, 0.6) is 0 Å². The average Bonchev–Trinajstić information content (AvgIpc) is 3.36. The summed E-state index contributed by atoms with van der Waals surface area (Å²) < 4.78 is 0.804. The number of aromatic nitrogens is 1. The molecule has 36 heavy (non-hydrogen) atoms. The van der Waals surface area contributed by atoms with Crippen LogP contribution in [0.1, 0.15) is 11.3 Å². The van der Waals surface area contributed by atoms with Crippen LogP contribution < -0.4 is 5.32 Å². The van der Waals surface area contributed by atoms with Gasteiger partial charge in [0.15, 0.2) is 4.34 Å². The Labute approximate surface area is 219 Å². The van der Waals surface area contributed by atoms with E-state index >= 15 is 0 Å². The highest BCUT2D eigenvalue weighted by atomic mass is 32.2. The Morgan fingerprint density at radius 3 is 2.50 bits per heavy atom. The Bertz CT molecular complexity index is 1330. The normalized spacial score (nSPS) is 14.2. The average molecular weight is 517 g/mol. The molecule has 0 unspecified atom stereocenters. The van der Waals surface area contributed by atoms with Crippen LogP contribution in [-0.4, -0.2) is 58.5 Å². The fraction of sp³-hybridized carbons (Fsp3) is 0.250. The lowest BCUT2D eigenvalue weighted by Crippen LogP contribution is -2.48. The number of nitrogens with one attached hydrogen (secondary N) is 1. The molecule has 184 valence electrons. The first kappa shape index (κ1) is 24.5. The van der Waals surface area contributed by atoms with Gasteiger partial charge in [0, 0.05) is 49.2 Å². The summed E-state index contributed by atoms with van der Waals surface area (Å²) in [6.45, 7) is 4.16. The molecule has 1 aromatic heterocycles. The minimum absolute atomic E-state index is 0.0717. The van der Waals surface area contributed by atoms with Crippen LogP contribution in [0.15, 0.2) is 82.5 Å². The summed E-state index contributed by atoms with van der Waals surface area (Å²) in [6, 6.07) is 24.3. The van der Waals surface area contributed by atoms with E-state index in [2.05, 4.69) is 39.5 Å². The highest BCUT2D eigenvalue weighted by Gasteiger charge is 2.22. The zero-order valence-corrected chi connectivity index (χ0v) is 21.6. The molecule has 8 heteroatoms. The van der Waals surface area contributed by atoms with Crippen LogP contribution in [0.25, 0.3) is 10.8 Å². The van der Waals surface area contributed by atoms with Crippen molar-refractivity contribution >= 4 is 51.4 Å². The fourth-order valence-corrected chi connectivity index (χ4v) is 5.99. The molecule has 0 radical (unpaired) electrons. The highest BCUT2D eigenvalue weighted by Crippen LogP contribution is 2.26. The van der Waals surface area contributed by atoms with Gasteiger partial charge in [-0.1, -0.05) is 78.5 Å². The van der Waals surface area contributed by atoms with E-state index in [0.29, 0.717) is 6.42 Å². The van der Waals surface area contributed by atoms with Gasteiger partial charge in [-0.3, -0.25) is 14.5 Å². The smallest absolute Gasteiger partial charge is 0.234 e. The van der Waals surface area contributed by atoms with Crippen molar-refractivity contribution in [1.29, 1.82) is 0 Å². The largest absolute Gasteiger partial charge is 0.340 e. The molecule has 2 amide bonds. The number of anilines is 1. The lowest BCUT2D eigenvalue weighted by molar-refractivity contribution is -0.132. The highest BCUT2D eigenvalue weighted by molar-refractivity contribution is 8.01. The zero-order chi connectivity index (χ0) is 24.7. The van der Waals surface area contributed by atoms with E-state index in [-0.39, 0.29) is 17.6 Å². The lowest BCUT2D eigenvalue weighted by Gasteiger charge is -2.34. The van der Waals surface area contributed by atoms with Crippen LogP contribution in [0.4, 0.5) is 5.69 Å². The third kappa shape index (κ3) is 6.32. The summed E-state index contributed by atoms with van der Waals surface area (Å²) in [7, 11) is 0. The Balaban J connectivity index is 1.07. The van der Waals surface area contributed by atoms with Gasteiger partial charge in [0.1, 0.15) is 0 Å². The number of hydrogen-bond donors (Lipinski definition) is 1. The van der Waals surface area contributed by atoms with Gasteiger partial charge in [-0.05, 0) is 17.0 Å². The number of hydrogen-bond acceptors (Lipinski definition) is 6. The van der Waals surface area contributed by atoms with Crippen molar-refractivity contribution in [1.82, 2.24) is 14.8 Å². The number of nitrogens with zero attached hydrogens (tertiary/aromatic N) is 3. The molecule has 1 aliphatic heterocycles. The van der Waals surface area contributed by atoms with Crippen molar-refractivity contribution in [2.24, 2.45) is 0 Å². The molecule has 6 nitrogen and oxygen atoms in total. The summed E-state index contributed by atoms with van der Waals surface area (Å²) in [4.78, 5) is 34.3. The van der Waals surface area contributed by atoms with Gasteiger partial charge in [0.05, 0.1) is 17.9 Å². The second-order valence-electron chi connectivity index (χ2n) is 8.79. The second kappa shape index (κ2) is 11.7. The number of amides is 2. The van der Waals surface area contributed by atoms with Crippen LogP contribution in [0, 0.1) is 0 Å². The second-order valence-corrected chi connectivity index (χ2v) is 10.9. The molecule has 0 spiro atoms. The van der Waals surface area contributed by atoms with Gasteiger partial charge in [0.2, 0.25) is 11.8 Å². The van der Waals surface area contributed by atoms with Crippen molar-refractivity contribution in [2.75, 3.05) is 37.2 Å². The van der Waals surface area contributed by atoms with Crippen molar-refractivity contribution in [3.8, 4) is 0 Å². The number of piperazine rings is 1. The van der Waals surface area contributed by atoms with Crippen LogP contribution in [0.3, 0.4) is 0 Å². The maximum atomic E-state index is 12.8. The zero-order valence-electron chi connectivity index (χ0n) is 19.9. The minimum atomic E-state index is -0.0717. The Morgan fingerprint density at radius 1 is 0.917 bits per heavy atom. The summed E-state index contributed by atoms with van der Waals surface area (Å²) >= 11 is 2.89. The van der Waals surface area contributed by atoms with Crippen LogP contribution in [-0.2, 0) is 22.6 Å². The summed E-state index contributed by atoms with van der Waals surface area (Å²) in [5.74, 6) is 0.315. The minimum Gasteiger partial charge on any atom is -0.340 e. The molecule has 1 N–H and O–H groups in total. The van der Waals surface area contributed by atoms with Crippen molar-refractivity contribution in [2.45, 2.75) is 17.3 Å². The molecule has 1 fully saturated rings. The monoisotopic (exact) mass is 516 g/mol. The number of carbonyl (C=O) groups is 2. The molecule has 0 aliphatic carbocycles. The third-order valence-electron chi connectivity index (χ3n) is 6.23. The fourth-order valence-electron chi connectivity index (χ4n) is 4.35. The standard InChI is InChI=1S/C28H28N4O2S2/c33-26(30-25-12-6-10-22-9-4-5-11-24(22)25)20-36-28-29-23(19-35-28)17-27(34)32-15-13-31(14-16-32)18-21-7-2-1-3-8-21/h1-12,19H,13-18,20H2,(H,30,33). The Hall–Kier alpha value is -3.20. The number of fused-ring (bicyclic) bond motifs is 1. The first-order valence-corrected chi connectivity index (χ1v) is 13.9. The van der Waals surface area contributed by atoms with Gasteiger partial charge in [0.25, 0.3) is 0 Å². The third-order valence-corrected chi connectivity index (χ3v) is 8.30. The van der Waals surface area contributed by atoms with Crippen molar-refractivity contribution in [3.05, 3.63) is 89.4 Å². The maximum Gasteiger partial charge on any atom is 0.234 e. The van der Waals surface area contributed by atoms with Crippen LogP contribution in [0.2, 0.25) is 0 Å².